The van der Waals surface area contributed by atoms with E-state index in [1.165, 1.54) is 6.92 Å². The summed E-state index contributed by atoms with van der Waals surface area (Å²) in [6.45, 7) is 6.42. The van der Waals surface area contributed by atoms with E-state index in [0.717, 1.165) is 17.8 Å². The summed E-state index contributed by atoms with van der Waals surface area (Å²) in [6.07, 6.45) is 0.392. The van der Waals surface area contributed by atoms with E-state index in [2.05, 4.69) is 19.2 Å². The van der Waals surface area contributed by atoms with E-state index in [-0.39, 0.29) is 11.8 Å². The Morgan fingerprint density at radius 3 is 2.26 bits per heavy atom. The van der Waals surface area contributed by atoms with Crippen LogP contribution in [-0.2, 0) is 16.0 Å². The third-order valence-corrected chi connectivity index (χ3v) is 2.69. The zero-order valence-electron chi connectivity index (χ0n) is 12.1. The summed E-state index contributed by atoms with van der Waals surface area (Å²) in [5, 5.41) is 2.70. The van der Waals surface area contributed by atoms with Crippen LogP contribution in [0.25, 0.3) is 0 Å². The molecule has 1 rings (SSSR count). The van der Waals surface area contributed by atoms with Crippen LogP contribution in [0.2, 0.25) is 0 Å². The van der Waals surface area contributed by atoms with Gasteiger partial charge in [-0.1, -0.05) is 26.0 Å². The van der Waals surface area contributed by atoms with Gasteiger partial charge in [-0.3, -0.25) is 9.59 Å². The molecule has 0 fully saturated rings. The molecule has 0 atom stereocenters. The number of carbonyl (C=O) groups is 2. The number of nitrogens with zero attached hydrogens (tertiary/aromatic N) is 1. The lowest BCUT2D eigenvalue weighted by Crippen LogP contribution is -2.31. The summed E-state index contributed by atoms with van der Waals surface area (Å²) >= 11 is 0. The van der Waals surface area contributed by atoms with Gasteiger partial charge in [0.1, 0.15) is 0 Å². The van der Waals surface area contributed by atoms with Crippen LogP contribution in [0.15, 0.2) is 24.3 Å². The Bertz CT molecular complexity index is 438. The van der Waals surface area contributed by atoms with Gasteiger partial charge in [0, 0.05) is 26.2 Å². The van der Waals surface area contributed by atoms with Crippen LogP contribution in [0, 0.1) is 5.92 Å². The molecule has 0 aliphatic carbocycles. The molecule has 0 saturated carbocycles. The number of anilines is 1. The van der Waals surface area contributed by atoms with Crippen LogP contribution >= 0.6 is 0 Å². The van der Waals surface area contributed by atoms with Crippen LogP contribution in [0.4, 0.5) is 5.69 Å². The summed E-state index contributed by atoms with van der Waals surface area (Å²) < 4.78 is 0. The molecule has 0 saturated heterocycles. The predicted molar refractivity (Wildman–Crippen MR) is 76.9 cm³/mol. The van der Waals surface area contributed by atoms with E-state index in [4.69, 9.17) is 0 Å². The second-order valence-electron chi connectivity index (χ2n) is 5.22. The second-order valence-corrected chi connectivity index (χ2v) is 5.22. The van der Waals surface area contributed by atoms with Crippen LogP contribution in [-0.4, -0.2) is 30.3 Å². The van der Waals surface area contributed by atoms with Crippen molar-refractivity contribution < 1.29 is 9.59 Å². The normalized spacial score (nSPS) is 10.4. The number of hydrogen-bond donors (Lipinski definition) is 1. The fraction of sp³-hybridized carbons (Fsp3) is 0.467. The Kier molecular flexibility index (Phi) is 5.55. The fourth-order valence-corrected chi connectivity index (χ4v) is 1.87. The quantitative estimate of drug-likeness (QED) is 0.885. The van der Waals surface area contributed by atoms with Crippen molar-refractivity contribution in [1.82, 2.24) is 4.90 Å². The van der Waals surface area contributed by atoms with Gasteiger partial charge < -0.3 is 10.2 Å². The number of nitrogens with one attached hydrogen (secondary N) is 1. The lowest BCUT2D eigenvalue weighted by molar-refractivity contribution is -0.129. The third-order valence-electron chi connectivity index (χ3n) is 2.69. The van der Waals surface area contributed by atoms with Crippen molar-refractivity contribution in [2.45, 2.75) is 27.2 Å². The first-order chi connectivity index (χ1) is 8.88. The van der Waals surface area contributed by atoms with E-state index in [1.54, 1.807) is 4.90 Å². The Morgan fingerprint density at radius 2 is 1.79 bits per heavy atom. The SMILES string of the molecule is CC(=O)Nc1ccc(CC(=O)N(C)CC(C)C)cc1. The first kappa shape index (κ1) is 15.2. The van der Waals surface area contributed by atoms with Gasteiger partial charge in [0.25, 0.3) is 0 Å². The van der Waals surface area contributed by atoms with Gasteiger partial charge in [0.2, 0.25) is 11.8 Å². The second kappa shape index (κ2) is 6.92. The molecule has 104 valence electrons. The van der Waals surface area contributed by atoms with E-state index in [1.807, 2.05) is 31.3 Å². The minimum atomic E-state index is -0.0968. The zero-order chi connectivity index (χ0) is 14.4. The van der Waals surface area contributed by atoms with Gasteiger partial charge in [0.15, 0.2) is 0 Å². The molecule has 0 unspecified atom stereocenters. The van der Waals surface area contributed by atoms with Crippen LogP contribution < -0.4 is 5.32 Å². The highest BCUT2D eigenvalue weighted by molar-refractivity contribution is 5.88. The summed E-state index contributed by atoms with van der Waals surface area (Å²) in [4.78, 5) is 24.6. The standard InChI is InChI=1S/C15H22N2O2/c1-11(2)10-17(4)15(19)9-13-5-7-14(8-6-13)16-12(3)18/h5-8,11H,9-10H2,1-4H3,(H,16,18). The highest BCUT2D eigenvalue weighted by Crippen LogP contribution is 2.11. The average molecular weight is 262 g/mol. The molecule has 0 radical (unpaired) electrons. The molecule has 2 amide bonds. The molecule has 0 spiro atoms. The Labute approximate surface area is 114 Å². The van der Waals surface area contributed by atoms with E-state index < -0.39 is 0 Å². The van der Waals surface area contributed by atoms with Crippen molar-refractivity contribution in [2.75, 3.05) is 18.9 Å². The van der Waals surface area contributed by atoms with E-state index in [9.17, 15) is 9.59 Å². The topological polar surface area (TPSA) is 49.4 Å². The first-order valence-electron chi connectivity index (χ1n) is 6.49. The monoisotopic (exact) mass is 262 g/mol. The van der Waals surface area contributed by atoms with Gasteiger partial charge in [-0.15, -0.1) is 0 Å². The van der Waals surface area contributed by atoms with Crippen molar-refractivity contribution in [3.05, 3.63) is 29.8 Å². The number of carbonyl (C=O) groups excluding carboxylic acids is 2. The fourth-order valence-electron chi connectivity index (χ4n) is 1.87. The van der Waals surface area contributed by atoms with E-state index >= 15 is 0 Å². The highest BCUT2D eigenvalue weighted by atomic mass is 16.2. The summed E-state index contributed by atoms with van der Waals surface area (Å²) in [5.74, 6) is 0.484. The van der Waals surface area contributed by atoms with Crippen molar-refractivity contribution in [1.29, 1.82) is 0 Å². The molecule has 0 aliphatic heterocycles. The van der Waals surface area contributed by atoms with Crippen molar-refractivity contribution in [3.63, 3.8) is 0 Å². The Hall–Kier alpha value is -1.84. The zero-order valence-corrected chi connectivity index (χ0v) is 12.1. The predicted octanol–water partition coefficient (Wildman–Crippen LogP) is 2.30. The van der Waals surface area contributed by atoms with Crippen molar-refractivity contribution in [3.8, 4) is 0 Å². The van der Waals surface area contributed by atoms with Gasteiger partial charge in [0.05, 0.1) is 6.42 Å². The molecule has 19 heavy (non-hydrogen) atoms. The molecule has 1 aromatic carbocycles. The average Bonchev–Trinajstić information content (AvgIpc) is 2.30. The van der Waals surface area contributed by atoms with Gasteiger partial charge in [-0.05, 0) is 23.6 Å². The first-order valence-corrected chi connectivity index (χ1v) is 6.49. The molecular weight excluding hydrogens is 240 g/mol. The number of hydrogen-bond acceptors (Lipinski definition) is 2. The van der Waals surface area contributed by atoms with Gasteiger partial charge >= 0.3 is 0 Å². The van der Waals surface area contributed by atoms with Crippen molar-refractivity contribution in [2.24, 2.45) is 5.92 Å². The maximum Gasteiger partial charge on any atom is 0.226 e. The molecular formula is C15H22N2O2. The molecule has 0 aliphatic rings. The summed E-state index contributed by atoms with van der Waals surface area (Å²) in [6, 6.07) is 7.36. The number of likely N-dealkylation sites (N-methyl/N-ethyl adjacent to an activating group) is 1. The van der Waals surface area contributed by atoms with Crippen LogP contribution in [0.5, 0.6) is 0 Å². The molecule has 4 nitrogen and oxygen atoms in total. The third kappa shape index (κ3) is 5.55. The number of rotatable bonds is 5. The molecule has 0 aromatic heterocycles. The largest absolute Gasteiger partial charge is 0.345 e. The Balaban J connectivity index is 2.57. The molecule has 1 N–H and O–H groups in total. The molecule has 0 bridgehead atoms. The van der Waals surface area contributed by atoms with Crippen molar-refractivity contribution >= 4 is 17.5 Å². The summed E-state index contributed by atoms with van der Waals surface area (Å²) in [5.41, 5.74) is 1.70. The minimum absolute atomic E-state index is 0.0968. The highest BCUT2D eigenvalue weighted by Gasteiger charge is 2.10. The molecule has 1 aromatic rings. The Morgan fingerprint density at radius 1 is 1.21 bits per heavy atom. The van der Waals surface area contributed by atoms with Crippen LogP contribution in [0.1, 0.15) is 26.3 Å². The minimum Gasteiger partial charge on any atom is -0.345 e. The maximum atomic E-state index is 12.0. The maximum absolute atomic E-state index is 12.0. The molecule has 4 heteroatoms. The molecule has 0 heterocycles. The van der Waals surface area contributed by atoms with Gasteiger partial charge in [-0.2, -0.15) is 0 Å². The summed E-state index contributed by atoms with van der Waals surface area (Å²) in [7, 11) is 1.83. The van der Waals surface area contributed by atoms with Crippen LogP contribution in [0.3, 0.4) is 0 Å². The lowest BCUT2D eigenvalue weighted by Gasteiger charge is -2.19. The smallest absolute Gasteiger partial charge is 0.226 e. The number of benzene rings is 1. The van der Waals surface area contributed by atoms with E-state index in [0.29, 0.717) is 12.3 Å². The lowest BCUT2D eigenvalue weighted by atomic mass is 10.1. The number of amides is 2. The van der Waals surface area contributed by atoms with Gasteiger partial charge in [-0.25, -0.2) is 0 Å².